The molecule has 20 heavy (non-hydrogen) atoms. The maximum Gasteiger partial charge on any atom is 0.325 e. The average molecular weight is 297 g/mol. The van der Waals surface area contributed by atoms with Crippen LogP contribution in [0.2, 0.25) is 5.02 Å². The highest BCUT2D eigenvalue weighted by Crippen LogP contribution is 2.31. The first-order valence-electron chi connectivity index (χ1n) is 6.51. The van der Waals surface area contributed by atoms with E-state index in [0.717, 1.165) is 0 Å². The highest BCUT2D eigenvalue weighted by Gasteiger charge is 2.33. The van der Waals surface area contributed by atoms with Crippen molar-refractivity contribution in [3.8, 4) is 0 Å². The molecule has 0 aromatic heterocycles. The minimum Gasteiger partial charge on any atom is -0.480 e. The van der Waals surface area contributed by atoms with E-state index in [1.807, 2.05) is 4.90 Å². The molecule has 1 unspecified atom stereocenters. The molecule has 1 aliphatic heterocycles. The number of nitrogens with zero attached hydrogens (tertiary/aromatic N) is 1. The fourth-order valence-electron chi connectivity index (χ4n) is 2.62. The lowest BCUT2D eigenvalue weighted by Crippen LogP contribution is -2.42. The standard InChI is InChI=1S/C14H17ClN2O3/c15-11-4-2-1-3-10(11)12(14(19)20)17-7-5-9(6-8-17)13(16)18/h1-4,9,12H,5-8H2,(H2,16,18)(H,19,20). The minimum absolute atomic E-state index is 0.160. The molecule has 108 valence electrons. The number of aliphatic carboxylic acids is 1. The lowest BCUT2D eigenvalue weighted by Gasteiger charge is -2.35. The zero-order chi connectivity index (χ0) is 14.7. The molecular formula is C14H17ClN2O3. The summed E-state index contributed by atoms with van der Waals surface area (Å²) in [6.07, 6.45) is 1.17. The predicted octanol–water partition coefficient (Wildman–Crippen LogP) is 1.66. The quantitative estimate of drug-likeness (QED) is 0.885. The first-order valence-corrected chi connectivity index (χ1v) is 6.89. The highest BCUT2D eigenvalue weighted by atomic mass is 35.5. The smallest absolute Gasteiger partial charge is 0.325 e. The number of hydrogen-bond acceptors (Lipinski definition) is 3. The van der Waals surface area contributed by atoms with Gasteiger partial charge in [0.15, 0.2) is 0 Å². The molecule has 2 rings (SSSR count). The first-order chi connectivity index (χ1) is 9.50. The third kappa shape index (κ3) is 3.11. The summed E-state index contributed by atoms with van der Waals surface area (Å²) in [7, 11) is 0. The molecule has 0 aliphatic carbocycles. The zero-order valence-electron chi connectivity index (χ0n) is 11.0. The van der Waals surface area contributed by atoms with Crippen LogP contribution >= 0.6 is 11.6 Å². The summed E-state index contributed by atoms with van der Waals surface area (Å²) in [5.41, 5.74) is 5.87. The second-order valence-corrected chi connectivity index (χ2v) is 5.38. The predicted molar refractivity (Wildman–Crippen MR) is 75.3 cm³/mol. The van der Waals surface area contributed by atoms with Crippen molar-refractivity contribution in [2.24, 2.45) is 11.7 Å². The maximum absolute atomic E-state index is 11.6. The Kier molecular flexibility index (Phi) is 4.62. The lowest BCUT2D eigenvalue weighted by molar-refractivity contribution is -0.144. The molecule has 1 aromatic rings. The Morgan fingerprint density at radius 1 is 1.30 bits per heavy atom. The topological polar surface area (TPSA) is 83.6 Å². The molecule has 1 fully saturated rings. The van der Waals surface area contributed by atoms with E-state index >= 15 is 0 Å². The van der Waals surface area contributed by atoms with Gasteiger partial charge in [-0.1, -0.05) is 29.8 Å². The second kappa shape index (κ2) is 6.24. The van der Waals surface area contributed by atoms with Gasteiger partial charge in [-0.25, -0.2) is 0 Å². The van der Waals surface area contributed by atoms with Gasteiger partial charge >= 0.3 is 5.97 Å². The normalized spacial score (nSPS) is 18.6. The molecule has 1 aliphatic rings. The molecule has 1 atom stereocenters. The number of halogens is 1. The molecule has 0 radical (unpaired) electrons. The number of likely N-dealkylation sites (tertiary alicyclic amines) is 1. The van der Waals surface area contributed by atoms with Crippen LogP contribution in [0.15, 0.2) is 24.3 Å². The van der Waals surface area contributed by atoms with Gasteiger partial charge in [-0.3, -0.25) is 14.5 Å². The highest BCUT2D eigenvalue weighted by molar-refractivity contribution is 6.31. The number of benzene rings is 1. The van der Waals surface area contributed by atoms with E-state index in [2.05, 4.69) is 0 Å². The number of rotatable bonds is 4. The van der Waals surface area contributed by atoms with Crippen LogP contribution in [0, 0.1) is 5.92 Å². The van der Waals surface area contributed by atoms with Crippen LogP contribution in [0.1, 0.15) is 24.4 Å². The van der Waals surface area contributed by atoms with Gasteiger partial charge in [-0.05, 0) is 24.5 Å². The van der Waals surface area contributed by atoms with Gasteiger partial charge in [-0.2, -0.15) is 0 Å². The van der Waals surface area contributed by atoms with Crippen LogP contribution in [0.5, 0.6) is 0 Å². The zero-order valence-corrected chi connectivity index (χ0v) is 11.7. The number of amides is 1. The van der Waals surface area contributed by atoms with Gasteiger partial charge in [0.25, 0.3) is 0 Å². The van der Waals surface area contributed by atoms with Gasteiger partial charge in [0.2, 0.25) is 5.91 Å². The molecule has 6 heteroatoms. The summed E-state index contributed by atoms with van der Waals surface area (Å²) in [6.45, 7) is 1.05. The number of carboxylic acids is 1. The van der Waals surface area contributed by atoms with E-state index in [9.17, 15) is 14.7 Å². The summed E-state index contributed by atoms with van der Waals surface area (Å²) in [6, 6.07) is 6.17. The first kappa shape index (κ1) is 14.8. The fraction of sp³-hybridized carbons (Fsp3) is 0.429. The largest absolute Gasteiger partial charge is 0.480 e. The summed E-state index contributed by atoms with van der Waals surface area (Å²) in [4.78, 5) is 24.6. The van der Waals surface area contributed by atoms with Gasteiger partial charge < -0.3 is 10.8 Å². The van der Waals surface area contributed by atoms with E-state index in [4.69, 9.17) is 17.3 Å². The number of carboxylic acid groups (broad SMARTS) is 1. The lowest BCUT2D eigenvalue weighted by atomic mass is 9.93. The van der Waals surface area contributed by atoms with Gasteiger partial charge in [-0.15, -0.1) is 0 Å². The van der Waals surface area contributed by atoms with Crippen molar-refractivity contribution in [1.29, 1.82) is 0 Å². The average Bonchev–Trinajstić information content (AvgIpc) is 2.41. The molecule has 1 amide bonds. The third-order valence-corrected chi connectivity index (χ3v) is 4.07. The molecule has 0 saturated carbocycles. The Morgan fingerprint density at radius 3 is 2.40 bits per heavy atom. The van der Waals surface area contributed by atoms with E-state index in [-0.39, 0.29) is 11.8 Å². The summed E-state index contributed by atoms with van der Waals surface area (Å²) >= 11 is 6.10. The van der Waals surface area contributed by atoms with Crippen molar-refractivity contribution < 1.29 is 14.7 Å². The van der Waals surface area contributed by atoms with E-state index in [1.54, 1.807) is 24.3 Å². The number of primary amides is 1. The van der Waals surface area contributed by atoms with Crippen LogP contribution in [0.4, 0.5) is 0 Å². The summed E-state index contributed by atoms with van der Waals surface area (Å²) < 4.78 is 0. The molecule has 3 N–H and O–H groups in total. The molecule has 0 spiro atoms. The molecule has 1 saturated heterocycles. The Hall–Kier alpha value is -1.59. The molecule has 0 bridgehead atoms. The van der Waals surface area contributed by atoms with Crippen LogP contribution in [-0.2, 0) is 9.59 Å². The molecule has 5 nitrogen and oxygen atoms in total. The fourth-order valence-corrected chi connectivity index (χ4v) is 2.86. The summed E-state index contributed by atoms with van der Waals surface area (Å²) in [5, 5.41) is 9.93. The Morgan fingerprint density at radius 2 is 1.90 bits per heavy atom. The number of nitrogens with two attached hydrogens (primary N) is 1. The molecule has 1 heterocycles. The van der Waals surface area contributed by atoms with Crippen molar-refractivity contribution >= 4 is 23.5 Å². The van der Waals surface area contributed by atoms with Gasteiger partial charge in [0.05, 0.1) is 0 Å². The van der Waals surface area contributed by atoms with E-state index in [1.165, 1.54) is 0 Å². The van der Waals surface area contributed by atoms with Crippen LogP contribution in [0.25, 0.3) is 0 Å². The van der Waals surface area contributed by atoms with Gasteiger partial charge in [0, 0.05) is 24.0 Å². The Labute approximate surface area is 122 Å². The second-order valence-electron chi connectivity index (χ2n) is 4.97. The monoisotopic (exact) mass is 296 g/mol. The van der Waals surface area contributed by atoms with Crippen molar-refractivity contribution in [1.82, 2.24) is 4.90 Å². The molecular weight excluding hydrogens is 280 g/mol. The van der Waals surface area contributed by atoms with Gasteiger partial charge in [0.1, 0.15) is 6.04 Å². The van der Waals surface area contributed by atoms with Crippen molar-refractivity contribution in [3.05, 3.63) is 34.9 Å². The number of carbonyl (C=O) groups is 2. The Bertz CT molecular complexity index is 513. The number of piperidine rings is 1. The van der Waals surface area contributed by atoms with Crippen LogP contribution in [-0.4, -0.2) is 35.0 Å². The Balaban J connectivity index is 2.18. The number of carbonyl (C=O) groups excluding carboxylic acids is 1. The number of hydrogen-bond donors (Lipinski definition) is 2. The minimum atomic E-state index is -0.935. The third-order valence-electron chi connectivity index (χ3n) is 3.73. The SMILES string of the molecule is NC(=O)C1CCN(C(C(=O)O)c2ccccc2Cl)CC1. The van der Waals surface area contributed by atoms with E-state index < -0.39 is 12.0 Å². The van der Waals surface area contributed by atoms with Crippen LogP contribution in [0.3, 0.4) is 0 Å². The molecule has 1 aromatic carbocycles. The van der Waals surface area contributed by atoms with Crippen LogP contribution < -0.4 is 5.73 Å². The maximum atomic E-state index is 11.6. The van der Waals surface area contributed by atoms with Crippen molar-refractivity contribution in [2.75, 3.05) is 13.1 Å². The summed E-state index contributed by atoms with van der Waals surface area (Å²) in [5.74, 6) is -1.41. The van der Waals surface area contributed by atoms with E-state index in [0.29, 0.717) is 36.5 Å². The van der Waals surface area contributed by atoms with Crippen molar-refractivity contribution in [2.45, 2.75) is 18.9 Å². The van der Waals surface area contributed by atoms with Crippen molar-refractivity contribution in [3.63, 3.8) is 0 Å².